The van der Waals surface area contributed by atoms with Gasteiger partial charge in [0.05, 0.1) is 0 Å². The second kappa shape index (κ2) is 7.93. The Bertz CT molecular complexity index is 627. The van der Waals surface area contributed by atoms with Crippen LogP contribution in [-0.4, -0.2) is 18.4 Å². The molecule has 0 heterocycles. The van der Waals surface area contributed by atoms with Gasteiger partial charge in [0.1, 0.15) is 5.82 Å². The molecule has 0 aliphatic heterocycles. The van der Waals surface area contributed by atoms with Gasteiger partial charge in [-0.25, -0.2) is 4.39 Å². The van der Waals surface area contributed by atoms with Crippen LogP contribution in [0.25, 0.3) is 0 Å². The number of hydrogen-bond acceptors (Lipinski definition) is 2. The van der Waals surface area contributed by atoms with E-state index in [-0.39, 0.29) is 5.82 Å². The maximum atomic E-state index is 12.7. The summed E-state index contributed by atoms with van der Waals surface area (Å²) in [6.07, 6.45) is 0.540. The zero-order valence-corrected chi connectivity index (χ0v) is 12.0. The Morgan fingerprint density at radius 2 is 1.45 bits per heavy atom. The lowest BCUT2D eigenvalue weighted by molar-refractivity contribution is -0.139. The van der Waals surface area contributed by atoms with Gasteiger partial charge in [0.25, 0.3) is 0 Å². The number of amides is 2. The Labute approximate surface area is 128 Å². The molecule has 0 atom stereocenters. The van der Waals surface area contributed by atoms with Gasteiger partial charge in [-0.1, -0.05) is 42.5 Å². The Morgan fingerprint density at radius 3 is 2.14 bits per heavy atom. The third-order valence-electron chi connectivity index (χ3n) is 3.11. The zero-order valence-electron chi connectivity index (χ0n) is 12.0. The van der Waals surface area contributed by atoms with Gasteiger partial charge in [-0.05, 0) is 29.7 Å². The molecule has 2 amide bonds. The second-order valence-corrected chi connectivity index (χ2v) is 4.80. The van der Waals surface area contributed by atoms with Crippen LogP contribution >= 0.6 is 0 Å². The highest BCUT2D eigenvalue weighted by Crippen LogP contribution is 2.02. The van der Waals surface area contributed by atoms with E-state index in [1.54, 1.807) is 12.1 Å². The SMILES string of the molecule is O=C(NCCc1ccc(F)cc1)C(=O)NCc1ccccc1. The molecular formula is C17H17FN2O2. The minimum absolute atomic E-state index is 0.298. The van der Waals surface area contributed by atoms with Crippen LogP contribution in [0.2, 0.25) is 0 Å². The van der Waals surface area contributed by atoms with Crippen molar-refractivity contribution in [3.63, 3.8) is 0 Å². The highest BCUT2D eigenvalue weighted by Gasteiger charge is 2.12. The summed E-state index contributed by atoms with van der Waals surface area (Å²) in [7, 11) is 0. The van der Waals surface area contributed by atoms with E-state index in [1.165, 1.54) is 12.1 Å². The first kappa shape index (κ1) is 15.7. The van der Waals surface area contributed by atoms with E-state index in [9.17, 15) is 14.0 Å². The number of halogens is 1. The van der Waals surface area contributed by atoms with E-state index in [2.05, 4.69) is 10.6 Å². The van der Waals surface area contributed by atoms with Crippen molar-refractivity contribution in [3.8, 4) is 0 Å². The summed E-state index contributed by atoms with van der Waals surface area (Å²) < 4.78 is 12.7. The molecule has 114 valence electrons. The molecule has 0 bridgehead atoms. The van der Waals surface area contributed by atoms with Crippen LogP contribution in [0.5, 0.6) is 0 Å². The summed E-state index contributed by atoms with van der Waals surface area (Å²) in [5.41, 5.74) is 1.82. The van der Waals surface area contributed by atoms with Crippen LogP contribution in [-0.2, 0) is 22.6 Å². The number of carbonyl (C=O) groups excluding carboxylic acids is 2. The van der Waals surface area contributed by atoms with E-state index in [4.69, 9.17) is 0 Å². The van der Waals surface area contributed by atoms with E-state index in [0.717, 1.165) is 11.1 Å². The van der Waals surface area contributed by atoms with Crippen molar-refractivity contribution in [1.82, 2.24) is 10.6 Å². The molecule has 0 fully saturated rings. The minimum Gasteiger partial charge on any atom is -0.348 e. The number of hydrogen-bond donors (Lipinski definition) is 2. The highest BCUT2D eigenvalue weighted by atomic mass is 19.1. The molecule has 0 saturated heterocycles. The standard InChI is InChI=1S/C17H17FN2O2/c18-15-8-6-13(7-9-15)10-11-19-16(21)17(22)20-12-14-4-2-1-3-5-14/h1-9H,10-12H2,(H,19,21)(H,20,22). The first-order chi connectivity index (χ1) is 10.6. The summed E-state index contributed by atoms with van der Waals surface area (Å²) in [5.74, 6) is -1.63. The largest absolute Gasteiger partial charge is 0.348 e. The van der Waals surface area contributed by atoms with Gasteiger partial charge in [-0.2, -0.15) is 0 Å². The smallest absolute Gasteiger partial charge is 0.309 e. The summed E-state index contributed by atoms with van der Waals surface area (Å²) in [5, 5.41) is 5.09. The van der Waals surface area contributed by atoms with Crippen LogP contribution in [0, 0.1) is 5.82 Å². The molecule has 0 saturated carbocycles. The maximum absolute atomic E-state index is 12.7. The van der Waals surface area contributed by atoms with Crippen LogP contribution in [0.3, 0.4) is 0 Å². The molecule has 2 aromatic rings. The summed E-state index contributed by atoms with van der Waals surface area (Å²) >= 11 is 0. The third-order valence-corrected chi connectivity index (χ3v) is 3.11. The summed E-state index contributed by atoms with van der Waals surface area (Å²) in [6.45, 7) is 0.633. The average molecular weight is 300 g/mol. The van der Waals surface area contributed by atoms with Gasteiger partial charge in [0.15, 0.2) is 0 Å². The molecule has 0 aromatic heterocycles. The van der Waals surface area contributed by atoms with Crippen molar-refractivity contribution in [2.24, 2.45) is 0 Å². The van der Waals surface area contributed by atoms with E-state index < -0.39 is 11.8 Å². The minimum atomic E-state index is -0.668. The Hall–Kier alpha value is -2.69. The molecule has 0 radical (unpaired) electrons. The lowest BCUT2D eigenvalue weighted by Crippen LogP contribution is -2.40. The lowest BCUT2D eigenvalue weighted by Gasteiger charge is -2.07. The van der Waals surface area contributed by atoms with Gasteiger partial charge in [-0.3, -0.25) is 9.59 Å². The van der Waals surface area contributed by atoms with Crippen molar-refractivity contribution in [3.05, 3.63) is 71.5 Å². The van der Waals surface area contributed by atoms with Crippen LogP contribution < -0.4 is 10.6 Å². The van der Waals surface area contributed by atoms with E-state index in [0.29, 0.717) is 19.5 Å². The highest BCUT2D eigenvalue weighted by molar-refractivity contribution is 6.35. The van der Waals surface area contributed by atoms with Gasteiger partial charge < -0.3 is 10.6 Å². The maximum Gasteiger partial charge on any atom is 0.309 e. The van der Waals surface area contributed by atoms with Crippen molar-refractivity contribution in [2.75, 3.05) is 6.54 Å². The number of nitrogens with one attached hydrogen (secondary N) is 2. The molecule has 0 unspecified atom stereocenters. The fraction of sp³-hybridized carbons (Fsp3) is 0.176. The topological polar surface area (TPSA) is 58.2 Å². The van der Waals surface area contributed by atoms with E-state index in [1.807, 2.05) is 30.3 Å². The van der Waals surface area contributed by atoms with Crippen LogP contribution in [0.15, 0.2) is 54.6 Å². The Morgan fingerprint density at radius 1 is 0.818 bits per heavy atom. The van der Waals surface area contributed by atoms with Crippen molar-refractivity contribution in [1.29, 1.82) is 0 Å². The number of rotatable bonds is 5. The summed E-state index contributed by atoms with van der Waals surface area (Å²) in [6, 6.07) is 15.4. The van der Waals surface area contributed by atoms with Gasteiger partial charge in [0, 0.05) is 13.1 Å². The molecule has 2 N–H and O–H groups in total. The lowest BCUT2D eigenvalue weighted by atomic mass is 10.1. The molecule has 5 heteroatoms. The summed E-state index contributed by atoms with van der Waals surface area (Å²) in [4.78, 5) is 23.3. The Balaban J connectivity index is 1.70. The van der Waals surface area contributed by atoms with Crippen molar-refractivity contribution in [2.45, 2.75) is 13.0 Å². The third kappa shape index (κ3) is 5.01. The number of benzene rings is 2. The molecule has 0 spiro atoms. The van der Waals surface area contributed by atoms with Gasteiger partial charge in [0.2, 0.25) is 0 Å². The van der Waals surface area contributed by atoms with Crippen molar-refractivity contribution < 1.29 is 14.0 Å². The molecule has 4 nitrogen and oxygen atoms in total. The van der Waals surface area contributed by atoms with Crippen LogP contribution in [0.4, 0.5) is 4.39 Å². The monoisotopic (exact) mass is 300 g/mol. The quantitative estimate of drug-likeness (QED) is 0.827. The molecule has 0 aliphatic carbocycles. The fourth-order valence-corrected chi connectivity index (χ4v) is 1.91. The zero-order chi connectivity index (χ0) is 15.8. The molecule has 2 rings (SSSR count). The van der Waals surface area contributed by atoms with Crippen LogP contribution in [0.1, 0.15) is 11.1 Å². The first-order valence-corrected chi connectivity index (χ1v) is 6.99. The van der Waals surface area contributed by atoms with Gasteiger partial charge >= 0.3 is 11.8 Å². The van der Waals surface area contributed by atoms with E-state index >= 15 is 0 Å². The molecule has 22 heavy (non-hydrogen) atoms. The average Bonchev–Trinajstić information content (AvgIpc) is 2.55. The Kier molecular flexibility index (Phi) is 5.65. The predicted octanol–water partition coefficient (Wildman–Crippen LogP) is 1.80. The molecule has 2 aromatic carbocycles. The second-order valence-electron chi connectivity index (χ2n) is 4.80. The van der Waals surface area contributed by atoms with Crippen molar-refractivity contribution >= 4 is 11.8 Å². The normalized spacial score (nSPS) is 10.0. The van der Waals surface area contributed by atoms with Gasteiger partial charge in [-0.15, -0.1) is 0 Å². The molecular weight excluding hydrogens is 283 g/mol. The molecule has 0 aliphatic rings. The first-order valence-electron chi connectivity index (χ1n) is 6.99. The fourth-order valence-electron chi connectivity index (χ4n) is 1.91. The number of carbonyl (C=O) groups is 2. The predicted molar refractivity (Wildman–Crippen MR) is 81.4 cm³/mol.